The molecule has 2 aromatic rings. The molecule has 0 N–H and O–H groups in total. The minimum atomic E-state index is -3.34. The maximum Gasteiger partial charge on any atom is 0.820 e. The molecule has 0 unspecified atom stereocenters. The molecule has 0 aliphatic heterocycles. The van der Waals surface area contributed by atoms with Gasteiger partial charge in [0.2, 0.25) is 0 Å². The summed E-state index contributed by atoms with van der Waals surface area (Å²) in [6.07, 6.45) is 1.68. The first-order chi connectivity index (χ1) is 11.3. The molecule has 6 heteroatoms. The van der Waals surface area contributed by atoms with E-state index in [2.05, 4.69) is 0 Å². The van der Waals surface area contributed by atoms with Crippen LogP contribution in [0.1, 0.15) is 12.8 Å². The third kappa shape index (κ3) is 5.88. The number of unbranched alkanes of at least 4 members (excludes halogenated alkanes) is 1. The lowest BCUT2D eigenvalue weighted by molar-refractivity contribution is 0.0591. The molecule has 0 amide bonds. The molecule has 0 spiro atoms. The topological polar surface area (TPSA) is 36.9 Å². The molecule has 0 aliphatic carbocycles. The van der Waals surface area contributed by atoms with Gasteiger partial charge in [0.25, 0.3) is 0 Å². The van der Waals surface area contributed by atoms with Crippen LogP contribution in [-0.4, -0.2) is 28.6 Å². The SMILES string of the molecule is CO[Si](OCCCCCl)(Oc1ccccc1)Oc1ccccc1. The smallest absolute Gasteiger partial charge is 0.471 e. The molecular formula is C17H21ClO4Si. The zero-order valence-corrected chi connectivity index (χ0v) is 14.9. The third-order valence-corrected chi connectivity index (χ3v) is 5.33. The third-order valence-electron chi connectivity index (χ3n) is 3.03. The highest BCUT2D eigenvalue weighted by Gasteiger charge is 2.50. The van der Waals surface area contributed by atoms with Gasteiger partial charge in [-0.1, -0.05) is 36.4 Å². The number of benzene rings is 2. The van der Waals surface area contributed by atoms with E-state index in [0.717, 1.165) is 12.8 Å². The van der Waals surface area contributed by atoms with Crippen LogP contribution >= 0.6 is 11.6 Å². The van der Waals surface area contributed by atoms with Crippen LogP contribution in [0, 0.1) is 0 Å². The van der Waals surface area contributed by atoms with Crippen LogP contribution in [0.4, 0.5) is 0 Å². The van der Waals surface area contributed by atoms with E-state index >= 15 is 0 Å². The van der Waals surface area contributed by atoms with Gasteiger partial charge < -0.3 is 17.7 Å². The molecule has 124 valence electrons. The fourth-order valence-corrected chi connectivity index (χ4v) is 3.76. The number of rotatable bonds is 10. The highest BCUT2D eigenvalue weighted by Crippen LogP contribution is 2.22. The lowest BCUT2D eigenvalue weighted by Gasteiger charge is -2.27. The van der Waals surface area contributed by atoms with Gasteiger partial charge in [-0.2, -0.15) is 0 Å². The second kappa shape index (κ2) is 9.57. The monoisotopic (exact) mass is 352 g/mol. The van der Waals surface area contributed by atoms with E-state index in [1.165, 1.54) is 0 Å². The van der Waals surface area contributed by atoms with E-state index in [4.69, 9.17) is 29.3 Å². The van der Waals surface area contributed by atoms with Gasteiger partial charge in [-0.15, -0.1) is 11.6 Å². The molecule has 4 nitrogen and oxygen atoms in total. The summed E-state index contributed by atoms with van der Waals surface area (Å²) >= 11 is 5.71. The van der Waals surface area contributed by atoms with Crippen LogP contribution in [0.2, 0.25) is 0 Å². The molecule has 0 aliphatic rings. The van der Waals surface area contributed by atoms with E-state index in [1.807, 2.05) is 60.7 Å². The standard InChI is InChI=1S/C17H21ClO4Si/c1-19-23(20-15-9-8-14-18,21-16-10-4-2-5-11-16)22-17-12-6-3-7-13-17/h2-7,10-13H,8-9,14-15H2,1H3. The minimum Gasteiger partial charge on any atom is -0.471 e. The summed E-state index contributed by atoms with van der Waals surface area (Å²) in [4.78, 5) is 0. The predicted octanol–water partition coefficient (Wildman–Crippen LogP) is 4.26. The Balaban J connectivity index is 2.13. The van der Waals surface area contributed by atoms with Gasteiger partial charge in [0.1, 0.15) is 11.5 Å². The quantitative estimate of drug-likeness (QED) is 0.363. The molecule has 2 rings (SSSR count). The number of halogens is 1. The highest BCUT2D eigenvalue weighted by atomic mass is 35.5. The highest BCUT2D eigenvalue weighted by molar-refractivity contribution is 6.55. The van der Waals surface area contributed by atoms with E-state index in [0.29, 0.717) is 24.0 Å². The number of hydrogen-bond acceptors (Lipinski definition) is 4. The number of hydrogen-bond donors (Lipinski definition) is 0. The van der Waals surface area contributed by atoms with Crippen LogP contribution in [0.3, 0.4) is 0 Å². The molecule has 23 heavy (non-hydrogen) atoms. The van der Waals surface area contributed by atoms with Gasteiger partial charge >= 0.3 is 9.05 Å². The Kier molecular flexibility index (Phi) is 7.41. The molecule has 0 saturated heterocycles. The number of para-hydroxylation sites is 2. The fraction of sp³-hybridized carbons (Fsp3) is 0.294. The van der Waals surface area contributed by atoms with Crippen molar-refractivity contribution in [2.24, 2.45) is 0 Å². The Labute approximate surface area is 143 Å². The zero-order valence-electron chi connectivity index (χ0n) is 13.1. The van der Waals surface area contributed by atoms with Crippen molar-refractivity contribution < 1.29 is 17.7 Å². The van der Waals surface area contributed by atoms with E-state index in [9.17, 15) is 0 Å². The van der Waals surface area contributed by atoms with Gasteiger partial charge in [-0.25, -0.2) is 0 Å². The summed E-state index contributed by atoms with van der Waals surface area (Å²) in [7, 11) is -1.80. The van der Waals surface area contributed by atoms with Crippen LogP contribution in [-0.2, 0) is 8.85 Å². The second-order valence-corrected chi connectivity index (χ2v) is 7.26. The minimum absolute atomic E-state index is 0.465. The maximum atomic E-state index is 5.97. The van der Waals surface area contributed by atoms with Gasteiger partial charge in [0.05, 0.1) is 0 Å². The number of alkyl halides is 1. The van der Waals surface area contributed by atoms with Gasteiger partial charge in [-0.05, 0) is 37.1 Å². The summed E-state index contributed by atoms with van der Waals surface area (Å²) in [5.41, 5.74) is 0. The molecule has 0 bridgehead atoms. The maximum absolute atomic E-state index is 5.97. The molecule has 0 saturated carbocycles. The molecule has 0 aromatic heterocycles. The van der Waals surface area contributed by atoms with Crippen molar-refractivity contribution in [1.29, 1.82) is 0 Å². The normalized spacial score (nSPS) is 11.2. The van der Waals surface area contributed by atoms with Crippen molar-refractivity contribution in [1.82, 2.24) is 0 Å². The Morgan fingerprint density at radius 3 is 1.78 bits per heavy atom. The average Bonchev–Trinajstić information content (AvgIpc) is 2.60. The van der Waals surface area contributed by atoms with Crippen molar-refractivity contribution in [2.75, 3.05) is 19.6 Å². The fourth-order valence-electron chi connectivity index (χ4n) is 1.88. The summed E-state index contributed by atoms with van der Waals surface area (Å²) in [5, 5.41) is 0. The summed E-state index contributed by atoms with van der Waals surface area (Å²) < 4.78 is 23.4. The van der Waals surface area contributed by atoms with Crippen LogP contribution < -0.4 is 8.85 Å². The Morgan fingerprint density at radius 1 is 0.826 bits per heavy atom. The van der Waals surface area contributed by atoms with Crippen LogP contribution in [0.15, 0.2) is 60.7 Å². The van der Waals surface area contributed by atoms with Crippen molar-refractivity contribution in [3.8, 4) is 11.5 Å². The summed E-state index contributed by atoms with van der Waals surface area (Å²) in [6.45, 7) is 0.465. The largest absolute Gasteiger partial charge is 0.820 e. The molecule has 0 fully saturated rings. The van der Waals surface area contributed by atoms with E-state index in [-0.39, 0.29) is 0 Å². The lowest BCUT2D eigenvalue weighted by atomic mass is 10.3. The Hall–Kier alpha value is -1.53. The van der Waals surface area contributed by atoms with Gasteiger partial charge in [0, 0.05) is 19.6 Å². The van der Waals surface area contributed by atoms with Crippen molar-refractivity contribution in [3.63, 3.8) is 0 Å². The Morgan fingerprint density at radius 2 is 1.35 bits per heavy atom. The Bertz CT molecular complexity index is 512. The first-order valence-electron chi connectivity index (χ1n) is 7.51. The molecule has 0 atom stereocenters. The van der Waals surface area contributed by atoms with Crippen molar-refractivity contribution in [3.05, 3.63) is 60.7 Å². The predicted molar refractivity (Wildman–Crippen MR) is 92.8 cm³/mol. The van der Waals surface area contributed by atoms with E-state index < -0.39 is 9.05 Å². The second-order valence-electron chi connectivity index (χ2n) is 4.78. The van der Waals surface area contributed by atoms with Gasteiger partial charge in [0.15, 0.2) is 0 Å². The average molecular weight is 353 g/mol. The van der Waals surface area contributed by atoms with Crippen molar-refractivity contribution in [2.45, 2.75) is 12.8 Å². The van der Waals surface area contributed by atoms with Gasteiger partial charge in [-0.3, -0.25) is 0 Å². The zero-order chi connectivity index (χ0) is 16.4. The molecular weight excluding hydrogens is 332 g/mol. The van der Waals surface area contributed by atoms with E-state index in [1.54, 1.807) is 7.11 Å². The molecule has 0 radical (unpaired) electrons. The summed E-state index contributed by atoms with van der Waals surface area (Å²) in [6, 6.07) is 18.8. The lowest BCUT2D eigenvalue weighted by Crippen LogP contribution is -2.54. The van der Waals surface area contributed by atoms with Crippen LogP contribution in [0.5, 0.6) is 11.5 Å². The first-order valence-corrected chi connectivity index (χ1v) is 9.68. The molecule has 2 aromatic carbocycles. The molecule has 0 heterocycles. The first kappa shape index (κ1) is 17.8. The summed E-state index contributed by atoms with van der Waals surface area (Å²) in [5.74, 6) is 1.90. The van der Waals surface area contributed by atoms with Crippen LogP contribution in [0.25, 0.3) is 0 Å². The van der Waals surface area contributed by atoms with Crippen molar-refractivity contribution >= 4 is 20.6 Å².